The van der Waals surface area contributed by atoms with Gasteiger partial charge in [-0.1, -0.05) is 41.9 Å². The molecule has 1 unspecified atom stereocenters. The average molecular weight is 336 g/mol. The Morgan fingerprint density at radius 2 is 2.04 bits per heavy atom. The first kappa shape index (κ1) is 17.5. The lowest BCUT2D eigenvalue weighted by Crippen LogP contribution is -2.33. The van der Waals surface area contributed by atoms with E-state index in [9.17, 15) is 9.90 Å². The van der Waals surface area contributed by atoms with Crippen LogP contribution in [0.5, 0.6) is 0 Å². The van der Waals surface area contributed by atoms with Gasteiger partial charge in [-0.3, -0.25) is 9.48 Å². The standard InChI is InChI=1S/C17H22ClN3O2/c1-12-14(17(18)21(3)19-12)11-16(23)20(2)15(9-10-22)13-7-5-4-6-8-13/h4-8,15,22H,9-11H2,1-3H3. The molecule has 2 rings (SSSR count). The number of likely N-dealkylation sites (N-methyl/N-ethyl adjacent to an activating group) is 1. The highest BCUT2D eigenvalue weighted by atomic mass is 35.5. The predicted octanol–water partition coefficient (Wildman–Crippen LogP) is 2.51. The first-order chi connectivity index (χ1) is 11.0. The number of aryl methyl sites for hydroxylation is 2. The van der Waals surface area contributed by atoms with Crippen LogP contribution in [0.25, 0.3) is 0 Å². The zero-order valence-corrected chi connectivity index (χ0v) is 14.4. The third-order valence-corrected chi connectivity index (χ3v) is 4.52. The number of hydrogen-bond acceptors (Lipinski definition) is 3. The van der Waals surface area contributed by atoms with Crippen molar-refractivity contribution in [3.63, 3.8) is 0 Å². The minimum atomic E-state index is -0.163. The highest BCUT2D eigenvalue weighted by Crippen LogP contribution is 2.25. The lowest BCUT2D eigenvalue weighted by molar-refractivity contribution is -0.131. The summed E-state index contributed by atoms with van der Waals surface area (Å²) in [4.78, 5) is 14.3. The van der Waals surface area contributed by atoms with Crippen molar-refractivity contribution in [1.29, 1.82) is 0 Å². The highest BCUT2D eigenvalue weighted by Gasteiger charge is 2.23. The number of carbonyl (C=O) groups excluding carboxylic acids is 1. The lowest BCUT2D eigenvalue weighted by Gasteiger charge is -2.28. The summed E-state index contributed by atoms with van der Waals surface area (Å²) in [5, 5.41) is 14.1. The maximum Gasteiger partial charge on any atom is 0.227 e. The van der Waals surface area contributed by atoms with Crippen LogP contribution >= 0.6 is 11.6 Å². The van der Waals surface area contributed by atoms with Gasteiger partial charge < -0.3 is 10.0 Å². The van der Waals surface area contributed by atoms with Gasteiger partial charge in [0, 0.05) is 26.3 Å². The van der Waals surface area contributed by atoms with E-state index in [4.69, 9.17) is 11.6 Å². The van der Waals surface area contributed by atoms with Crippen molar-refractivity contribution in [2.75, 3.05) is 13.7 Å². The van der Waals surface area contributed by atoms with E-state index in [0.29, 0.717) is 11.6 Å². The maximum absolute atomic E-state index is 12.7. The molecule has 5 nitrogen and oxygen atoms in total. The Kier molecular flexibility index (Phi) is 5.80. The topological polar surface area (TPSA) is 58.4 Å². The number of nitrogens with zero attached hydrogens (tertiary/aromatic N) is 3. The minimum absolute atomic E-state index is 0.0177. The molecule has 0 radical (unpaired) electrons. The summed E-state index contributed by atoms with van der Waals surface area (Å²) >= 11 is 6.21. The molecule has 1 amide bonds. The Labute approximate surface area is 141 Å². The molecule has 124 valence electrons. The summed E-state index contributed by atoms with van der Waals surface area (Å²) in [6.45, 7) is 1.86. The Hall–Kier alpha value is -1.85. The van der Waals surface area contributed by atoms with Crippen LogP contribution in [0.1, 0.15) is 29.3 Å². The SMILES string of the molecule is Cc1nn(C)c(Cl)c1CC(=O)N(C)C(CCO)c1ccccc1. The van der Waals surface area contributed by atoms with E-state index in [1.165, 1.54) is 0 Å². The number of benzene rings is 1. The molecule has 6 heteroatoms. The minimum Gasteiger partial charge on any atom is -0.396 e. The van der Waals surface area contributed by atoms with E-state index < -0.39 is 0 Å². The van der Waals surface area contributed by atoms with Crippen LogP contribution in [0.15, 0.2) is 30.3 Å². The van der Waals surface area contributed by atoms with Gasteiger partial charge >= 0.3 is 0 Å². The Morgan fingerprint density at radius 1 is 1.39 bits per heavy atom. The van der Waals surface area contributed by atoms with Gasteiger partial charge in [-0.15, -0.1) is 0 Å². The van der Waals surface area contributed by atoms with Crippen LogP contribution in [0.3, 0.4) is 0 Å². The molecule has 0 aliphatic heterocycles. The molecule has 1 atom stereocenters. The fraction of sp³-hybridized carbons (Fsp3) is 0.412. The van der Waals surface area contributed by atoms with Crippen LogP contribution in [0.2, 0.25) is 5.15 Å². The van der Waals surface area contributed by atoms with Crippen LogP contribution in [0.4, 0.5) is 0 Å². The normalized spacial score (nSPS) is 12.2. The first-order valence-corrected chi connectivity index (χ1v) is 7.93. The fourth-order valence-corrected chi connectivity index (χ4v) is 2.95. The molecule has 0 bridgehead atoms. The van der Waals surface area contributed by atoms with Gasteiger partial charge in [-0.05, 0) is 18.9 Å². The number of carbonyl (C=O) groups is 1. The third-order valence-electron chi connectivity index (χ3n) is 4.05. The van der Waals surface area contributed by atoms with Crippen molar-refractivity contribution < 1.29 is 9.90 Å². The number of aliphatic hydroxyl groups excluding tert-OH is 1. The van der Waals surface area contributed by atoms with Gasteiger partial charge in [0.2, 0.25) is 5.91 Å². The number of halogens is 1. The van der Waals surface area contributed by atoms with Crippen LogP contribution in [-0.4, -0.2) is 39.3 Å². The molecule has 0 saturated heterocycles. The second-order valence-electron chi connectivity index (χ2n) is 5.60. The molecule has 1 N–H and O–H groups in total. The van der Waals surface area contributed by atoms with Gasteiger partial charge in [0.05, 0.1) is 18.2 Å². The quantitative estimate of drug-likeness (QED) is 0.882. The molecular weight excluding hydrogens is 314 g/mol. The summed E-state index contributed by atoms with van der Waals surface area (Å²) in [7, 11) is 3.51. The zero-order valence-electron chi connectivity index (χ0n) is 13.7. The largest absolute Gasteiger partial charge is 0.396 e. The average Bonchev–Trinajstić information content (AvgIpc) is 2.79. The Bertz CT molecular complexity index is 670. The van der Waals surface area contributed by atoms with E-state index in [-0.39, 0.29) is 25.0 Å². The fourth-order valence-electron chi connectivity index (χ4n) is 2.71. The van der Waals surface area contributed by atoms with E-state index in [1.807, 2.05) is 37.3 Å². The summed E-state index contributed by atoms with van der Waals surface area (Å²) in [6, 6.07) is 9.56. The van der Waals surface area contributed by atoms with Gasteiger partial charge in [-0.2, -0.15) is 5.10 Å². The second-order valence-corrected chi connectivity index (χ2v) is 5.96. The highest BCUT2D eigenvalue weighted by molar-refractivity contribution is 6.30. The van der Waals surface area contributed by atoms with E-state index in [2.05, 4.69) is 5.10 Å². The second kappa shape index (κ2) is 7.62. The molecule has 0 aliphatic carbocycles. The number of aliphatic hydroxyl groups is 1. The van der Waals surface area contributed by atoms with Crippen molar-refractivity contribution in [1.82, 2.24) is 14.7 Å². The van der Waals surface area contributed by atoms with E-state index in [1.54, 1.807) is 23.7 Å². The van der Waals surface area contributed by atoms with Gasteiger partial charge in [0.25, 0.3) is 0 Å². The Balaban J connectivity index is 2.19. The molecular formula is C17H22ClN3O2. The summed E-state index contributed by atoms with van der Waals surface area (Å²) in [5.41, 5.74) is 2.52. The molecule has 1 heterocycles. The number of hydrogen-bond donors (Lipinski definition) is 1. The molecule has 1 aromatic carbocycles. The summed E-state index contributed by atoms with van der Waals surface area (Å²) in [6.07, 6.45) is 0.690. The molecule has 0 saturated carbocycles. The molecule has 1 aromatic heterocycles. The Morgan fingerprint density at radius 3 is 2.57 bits per heavy atom. The molecule has 0 fully saturated rings. The molecule has 0 aliphatic rings. The zero-order chi connectivity index (χ0) is 17.0. The van der Waals surface area contributed by atoms with Crippen molar-refractivity contribution in [2.24, 2.45) is 7.05 Å². The predicted molar refractivity (Wildman–Crippen MR) is 90.3 cm³/mol. The van der Waals surface area contributed by atoms with Crippen molar-refractivity contribution >= 4 is 17.5 Å². The molecule has 2 aromatic rings. The van der Waals surface area contributed by atoms with E-state index >= 15 is 0 Å². The smallest absolute Gasteiger partial charge is 0.227 e. The number of rotatable bonds is 6. The van der Waals surface area contributed by atoms with Crippen molar-refractivity contribution in [3.05, 3.63) is 52.3 Å². The summed E-state index contributed by atoms with van der Waals surface area (Å²) in [5.74, 6) is -0.0506. The van der Waals surface area contributed by atoms with Crippen molar-refractivity contribution in [3.8, 4) is 0 Å². The lowest BCUT2D eigenvalue weighted by atomic mass is 10.0. The van der Waals surface area contributed by atoms with Gasteiger partial charge in [0.1, 0.15) is 5.15 Å². The first-order valence-electron chi connectivity index (χ1n) is 7.55. The van der Waals surface area contributed by atoms with Crippen LogP contribution < -0.4 is 0 Å². The number of amides is 1. The summed E-state index contributed by atoms with van der Waals surface area (Å²) < 4.78 is 1.57. The molecule has 0 spiro atoms. The van der Waals surface area contributed by atoms with E-state index in [0.717, 1.165) is 16.8 Å². The monoisotopic (exact) mass is 335 g/mol. The molecule has 23 heavy (non-hydrogen) atoms. The van der Waals surface area contributed by atoms with Crippen LogP contribution in [0, 0.1) is 6.92 Å². The maximum atomic E-state index is 12.7. The van der Waals surface area contributed by atoms with Gasteiger partial charge in [0.15, 0.2) is 0 Å². The van der Waals surface area contributed by atoms with Crippen LogP contribution in [-0.2, 0) is 18.3 Å². The third kappa shape index (κ3) is 3.92. The number of aromatic nitrogens is 2. The van der Waals surface area contributed by atoms with Gasteiger partial charge in [-0.25, -0.2) is 0 Å². The van der Waals surface area contributed by atoms with Crippen molar-refractivity contribution in [2.45, 2.75) is 25.8 Å².